The van der Waals surface area contributed by atoms with Crippen LogP contribution < -0.4 is 5.73 Å². The minimum absolute atomic E-state index is 0.00273. The van der Waals surface area contributed by atoms with Crippen molar-refractivity contribution in [2.75, 3.05) is 26.4 Å². The summed E-state index contributed by atoms with van der Waals surface area (Å²) in [6.45, 7) is 5.91. The van der Waals surface area contributed by atoms with E-state index in [1.807, 2.05) is 13.8 Å². The first-order chi connectivity index (χ1) is 8.02. The number of nitrogens with two attached hydrogens (primary N) is 1. The molecule has 2 heterocycles. The van der Waals surface area contributed by atoms with Gasteiger partial charge in [0.2, 0.25) is 0 Å². The van der Waals surface area contributed by atoms with Gasteiger partial charge in [-0.25, -0.2) is 4.39 Å². The van der Waals surface area contributed by atoms with Crippen molar-refractivity contribution in [1.29, 1.82) is 0 Å². The lowest BCUT2D eigenvalue weighted by atomic mass is 9.72. The molecule has 3 unspecified atom stereocenters. The lowest BCUT2D eigenvalue weighted by Crippen LogP contribution is -2.52. The zero-order chi connectivity index (χ0) is 12.5. The van der Waals surface area contributed by atoms with Crippen molar-refractivity contribution in [3.63, 3.8) is 0 Å². The molecule has 2 N–H and O–H groups in total. The Bertz CT molecular complexity index is 266. The van der Waals surface area contributed by atoms with Crippen molar-refractivity contribution in [2.24, 2.45) is 17.6 Å². The van der Waals surface area contributed by atoms with E-state index in [1.54, 1.807) is 0 Å². The van der Waals surface area contributed by atoms with E-state index in [0.29, 0.717) is 13.2 Å². The SMILES string of the molecule is CC(C)C(F)(CN)C1CCOC2(CCOC2)C1. The Morgan fingerprint density at radius 1 is 1.47 bits per heavy atom. The predicted molar refractivity (Wildman–Crippen MR) is 64.6 cm³/mol. The zero-order valence-electron chi connectivity index (χ0n) is 10.9. The molecule has 0 amide bonds. The van der Waals surface area contributed by atoms with Crippen LogP contribution in [0.25, 0.3) is 0 Å². The van der Waals surface area contributed by atoms with Gasteiger partial charge in [0.15, 0.2) is 0 Å². The molecule has 0 aromatic heterocycles. The first-order valence-corrected chi connectivity index (χ1v) is 6.63. The summed E-state index contributed by atoms with van der Waals surface area (Å²) < 4.78 is 26.2. The highest BCUT2D eigenvalue weighted by Gasteiger charge is 2.49. The second-order valence-corrected chi connectivity index (χ2v) is 5.81. The maximum absolute atomic E-state index is 14.9. The molecule has 17 heavy (non-hydrogen) atoms. The summed E-state index contributed by atoms with van der Waals surface area (Å²) in [5, 5.41) is 0. The van der Waals surface area contributed by atoms with Gasteiger partial charge in [0.05, 0.1) is 12.2 Å². The van der Waals surface area contributed by atoms with Gasteiger partial charge in [-0.2, -0.15) is 0 Å². The van der Waals surface area contributed by atoms with Crippen molar-refractivity contribution in [2.45, 2.75) is 44.4 Å². The zero-order valence-corrected chi connectivity index (χ0v) is 10.9. The van der Waals surface area contributed by atoms with E-state index in [9.17, 15) is 4.39 Å². The summed E-state index contributed by atoms with van der Waals surface area (Å²) in [5.41, 5.74) is 4.18. The molecule has 0 aliphatic carbocycles. The van der Waals surface area contributed by atoms with Gasteiger partial charge in [0.1, 0.15) is 5.67 Å². The smallest absolute Gasteiger partial charge is 0.128 e. The van der Waals surface area contributed by atoms with E-state index in [2.05, 4.69) is 0 Å². The number of halogens is 1. The largest absolute Gasteiger partial charge is 0.378 e. The molecule has 2 aliphatic heterocycles. The monoisotopic (exact) mass is 245 g/mol. The Morgan fingerprint density at radius 3 is 2.76 bits per heavy atom. The normalized spacial score (nSPS) is 37.6. The van der Waals surface area contributed by atoms with E-state index in [4.69, 9.17) is 15.2 Å². The highest BCUT2D eigenvalue weighted by atomic mass is 19.1. The lowest BCUT2D eigenvalue weighted by Gasteiger charge is -2.44. The third-order valence-corrected chi connectivity index (χ3v) is 4.51. The van der Waals surface area contributed by atoms with Crippen molar-refractivity contribution in [1.82, 2.24) is 0 Å². The van der Waals surface area contributed by atoms with Crippen LogP contribution >= 0.6 is 0 Å². The highest BCUT2D eigenvalue weighted by Crippen LogP contribution is 2.43. The molecular formula is C13H24FNO2. The number of alkyl halides is 1. The average Bonchev–Trinajstić information content (AvgIpc) is 2.76. The van der Waals surface area contributed by atoms with Crippen LogP contribution in [0, 0.1) is 11.8 Å². The number of hydrogen-bond acceptors (Lipinski definition) is 3. The molecule has 3 atom stereocenters. The van der Waals surface area contributed by atoms with Crippen LogP contribution in [-0.2, 0) is 9.47 Å². The highest BCUT2D eigenvalue weighted by molar-refractivity contribution is 4.99. The van der Waals surface area contributed by atoms with Gasteiger partial charge in [0, 0.05) is 26.2 Å². The Kier molecular flexibility index (Phi) is 3.76. The van der Waals surface area contributed by atoms with Gasteiger partial charge in [-0.3, -0.25) is 0 Å². The first kappa shape index (κ1) is 13.2. The van der Waals surface area contributed by atoms with Gasteiger partial charge in [-0.05, 0) is 24.7 Å². The summed E-state index contributed by atoms with van der Waals surface area (Å²) in [6, 6.07) is 0. The van der Waals surface area contributed by atoms with Crippen LogP contribution in [0.4, 0.5) is 4.39 Å². The molecule has 100 valence electrons. The second-order valence-electron chi connectivity index (χ2n) is 5.81. The molecule has 4 heteroatoms. The molecule has 0 aromatic rings. The van der Waals surface area contributed by atoms with Crippen molar-refractivity contribution < 1.29 is 13.9 Å². The Hall–Kier alpha value is -0.190. The Balaban J connectivity index is 2.10. The quantitative estimate of drug-likeness (QED) is 0.826. The van der Waals surface area contributed by atoms with Crippen molar-refractivity contribution in [3.8, 4) is 0 Å². The molecule has 2 fully saturated rings. The maximum Gasteiger partial charge on any atom is 0.128 e. The van der Waals surface area contributed by atoms with Crippen LogP contribution in [0.15, 0.2) is 0 Å². The maximum atomic E-state index is 14.9. The standard InChI is InChI=1S/C13H24FNO2/c1-10(2)13(14,8-15)11-3-5-17-12(7-11)4-6-16-9-12/h10-11H,3-9,15H2,1-2H3. The van der Waals surface area contributed by atoms with E-state index in [0.717, 1.165) is 25.9 Å². The molecule has 2 rings (SSSR count). The average molecular weight is 245 g/mol. The molecule has 1 spiro atoms. The molecule has 0 saturated carbocycles. The van der Waals surface area contributed by atoms with E-state index in [-0.39, 0.29) is 24.0 Å². The lowest BCUT2D eigenvalue weighted by molar-refractivity contribution is -0.130. The van der Waals surface area contributed by atoms with Crippen molar-refractivity contribution in [3.05, 3.63) is 0 Å². The predicted octanol–water partition coefficient (Wildman–Crippen LogP) is 1.90. The van der Waals surface area contributed by atoms with E-state index in [1.165, 1.54) is 0 Å². The van der Waals surface area contributed by atoms with Gasteiger partial charge in [-0.15, -0.1) is 0 Å². The summed E-state index contributed by atoms with van der Waals surface area (Å²) in [4.78, 5) is 0. The fourth-order valence-corrected chi connectivity index (χ4v) is 3.17. The second kappa shape index (κ2) is 4.82. The minimum Gasteiger partial charge on any atom is -0.378 e. The van der Waals surface area contributed by atoms with Crippen LogP contribution in [-0.4, -0.2) is 37.6 Å². The number of hydrogen-bond donors (Lipinski definition) is 1. The van der Waals surface area contributed by atoms with Crippen LogP contribution in [0.2, 0.25) is 0 Å². The van der Waals surface area contributed by atoms with Gasteiger partial charge in [0.25, 0.3) is 0 Å². The Labute approximate surface area is 103 Å². The molecule has 3 nitrogen and oxygen atoms in total. The van der Waals surface area contributed by atoms with Crippen molar-refractivity contribution >= 4 is 0 Å². The Morgan fingerprint density at radius 2 is 2.24 bits per heavy atom. The summed E-state index contributed by atoms with van der Waals surface area (Å²) >= 11 is 0. The minimum atomic E-state index is -1.26. The molecule has 0 aromatic carbocycles. The molecule has 2 saturated heterocycles. The number of ether oxygens (including phenoxy) is 2. The fraction of sp³-hybridized carbons (Fsp3) is 1.00. The molecule has 0 radical (unpaired) electrons. The summed E-state index contributed by atoms with van der Waals surface area (Å²) in [5.74, 6) is -0.0436. The molecular weight excluding hydrogens is 221 g/mol. The van der Waals surface area contributed by atoms with Crippen LogP contribution in [0.3, 0.4) is 0 Å². The van der Waals surface area contributed by atoms with Gasteiger partial charge in [-0.1, -0.05) is 13.8 Å². The first-order valence-electron chi connectivity index (χ1n) is 6.63. The topological polar surface area (TPSA) is 44.5 Å². The third kappa shape index (κ3) is 2.35. The van der Waals surface area contributed by atoms with Gasteiger partial charge < -0.3 is 15.2 Å². The van der Waals surface area contributed by atoms with E-state index < -0.39 is 5.67 Å². The third-order valence-electron chi connectivity index (χ3n) is 4.51. The van der Waals surface area contributed by atoms with Crippen LogP contribution in [0.1, 0.15) is 33.1 Å². The van der Waals surface area contributed by atoms with Gasteiger partial charge >= 0.3 is 0 Å². The number of rotatable bonds is 3. The summed E-state index contributed by atoms with van der Waals surface area (Å²) in [6.07, 6.45) is 2.41. The summed E-state index contributed by atoms with van der Waals surface area (Å²) in [7, 11) is 0. The molecule has 2 aliphatic rings. The van der Waals surface area contributed by atoms with E-state index >= 15 is 0 Å². The van der Waals surface area contributed by atoms with Crippen LogP contribution in [0.5, 0.6) is 0 Å². The molecule has 0 bridgehead atoms. The fourth-order valence-electron chi connectivity index (χ4n) is 3.17.